The number of benzene rings is 1. The number of aromatic nitrogens is 1. The SMILES string of the molecule is Nc1c2c(cc(=O)n1-c1ccc(CC(=O)O)cc1)C(=O)NC2=O. The van der Waals surface area contributed by atoms with Crippen molar-refractivity contribution < 1.29 is 19.5 Å². The van der Waals surface area contributed by atoms with Gasteiger partial charge in [0, 0.05) is 6.07 Å². The van der Waals surface area contributed by atoms with E-state index >= 15 is 0 Å². The summed E-state index contributed by atoms with van der Waals surface area (Å²) in [5.74, 6) is -2.42. The fourth-order valence-corrected chi connectivity index (χ4v) is 2.48. The molecule has 4 N–H and O–H groups in total. The number of amides is 2. The Bertz CT molecular complexity index is 912. The van der Waals surface area contributed by atoms with E-state index in [0.29, 0.717) is 11.3 Å². The van der Waals surface area contributed by atoms with Crippen molar-refractivity contribution in [3.05, 3.63) is 57.4 Å². The summed E-state index contributed by atoms with van der Waals surface area (Å²) in [6.07, 6.45) is -0.147. The number of nitrogens with one attached hydrogen (secondary N) is 1. The summed E-state index contributed by atoms with van der Waals surface area (Å²) in [4.78, 5) is 46.2. The zero-order valence-electron chi connectivity index (χ0n) is 11.7. The third-order valence-corrected chi connectivity index (χ3v) is 3.50. The molecule has 0 unspecified atom stereocenters. The number of pyridine rings is 1. The molecule has 3 rings (SSSR count). The average molecular weight is 313 g/mol. The molecule has 1 aliphatic heterocycles. The molecule has 0 fully saturated rings. The standard InChI is InChI=1S/C15H11N3O5/c16-13-12-9(14(22)17-15(12)23)6-10(19)18(13)8-3-1-7(2-4-8)5-11(20)21/h1-4,6H,5,16H2,(H,20,21)(H,17,22,23). The zero-order valence-corrected chi connectivity index (χ0v) is 11.7. The molecule has 2 amide bonds. The van der Waals surface area contributed by atoms with Gasteiger partial charge in [-0.15, -0.1) is 0 Å². The van der Waals surface area contributed by atoms with Crippen LogP contribution >= 0.6 is 0 Å². The van der Waals surface area contributed by atoms with E-state index in [0.717, 1.165) is 10.6 Å². The number of carboxylic acid groups (broad SMARTS) is 1. The van der Waals surface area contributed by atoms with Crippen LogP contribution in [0.2, 0.25) is 0 Å². The van der Waals surface area contributed by atoms with Crippen LogP contribution in [0.25, 0.3) is 5.69 Å². The van der Waals surface area contributed by atoms with Gasteiger partial charge in [-0.3, -0.25) is 29.1 Å². The molecule has 2 heterocycles. The number of hydrogen-bond acceptors (Lipinski definition) is 5. The van der Waals surface area contributed by atoms with Gasteiger partial charge in [-0.25, -0.2) is 0 Å². The number of rotatable bonds is 3. The van der Waals surface area contributed by atoms with Gasteiger partial charge in [-0.1, -0.05) is 12.1 Å². The van der Waals surface area contributed by atoms with Crippen molar-refractivity contribution in [3.63, 3.8) is 0 Å². The fourth-order valence-electron chi connectivity index (χ4n) is 2.48. The van der Waals surface area contributed by atoms with Gasteiger partial charge < -0.3 is 10.8 Å². The number of anilines is 1. The first-order chi connectivity index (χ1) is 10.9. The van der Waals surface area contributed by atoms with Crippen molar-refractivity contribution in [2.45, 2.75) is 6.42 Å². The first-order valence-corrected chi connectivity index (χ1v) is 6.61. The van der Waals surface area contributed by atoms with Crippen LogP contribution in [0.15, 0.2) is 35.1 Å². The largest absolute Gasteiger partial charge is 0.481 e. The highest BCUT2D eigenvalue weighted by Gasteiger charge is 2.31. The Kier molecular flexibility index (Phi) is 3.21. The van der Waals surface area contributed by atoms with E-state index in [2.05, 4.69) is 5.32 Å². The Labute approximate surface area is 129 Å². The van der Waals surface area contributed by atoms with Crippen molar-refractivity contribution in [2.75, 3.05) is 5.73 Å². The van der Waals surface area contributed by atoms with Crippen LogP contribution in [0, 0.1) is 0 Å². The van der Waals surface area contributed by atoms with Crippen molar-refractivity contribution in [1.29, 1.82) is 0 Å². The third-order valence-electron chi connectivity index (χ3n) is 3.50. The highest BCUT2D eigenvalue weighted by atomic mass is 16.4. The molecular weight excluding hydrogens is 302 g/mol. The van der Waals surface area contributed by atoms with Crippen molar-refractivity contribution in [1.82, 2.24) is 9.88 Å². The minimum Gasteiger partial charge on any atom is -0.481 e. The molecule has 116 valence electrons. The predicted octanol–water partition coefficient (Wildman–Crippen LogP) is -0.0696. The summed E-state index contributed by atoms with van der Waals surface area (Å²) in [6, 6.07) is 7.20. The number of hydrogen-bond donors (Lipinski definition) is 3. The van der Waals surface area contributed by atoms with E-state index in [1.165, 1.54) is 12.1 Å². The van der Waals surface area contributed by atoms with E-state index in [1.807, 2.05) is 0 Å². The van der Waals surface area contributed by atoms with Crippen molar-refractivity contribution in [3.8, 4) is 5.69 Å². The fraction of sp³-hybridized carbons (Fsp3) is 0.0667. The Morgan fingerprint density at radius 1 is 1.13 bits per heavy atom. The number of imide groups is 1. The molecule has 8 nitrogen and oxygen atoms in total. The molecular formula is C15H11N3O5. The minimum atomic E-state index is -0.970. The molecule has 1 aromatic heterocycles. The molecule has 0 atom stereocenters. The zero-order chi connectivity index (χ0) is 16.7. The Hall–Kier alpha value is -3.42. The van der Waals surface area contributed by atoms with Crippen LogP contribution in [0.5, 0.6) is 0 Å². The second-order valence-corrected chi connectivity index (χ2v) is 5.01. The lowest BCUT2D eigenvalue weighted by atomic mass is 10.1. The predicted molar refractivity (Wildman–Crippen MR) is 79.6 cm³/mol. The average Bonchev–Trinajstić information content (AvgIpc) is 2.75. The van der Waals surface area contributed by atoms with E-state index in [1.54, 1.807) is 12.1 Å². The molecule has 0 bridgehead atoms. The first-order valence-electron chi connectivity index (χ1n) is 6.61. The van der Waals surface area contributed by atoms with E-state index in [9.17, 15) is 19.2 Å². The number of fused-ring (bicyclic) bond motifs is 1. The Balaban J connectivity index is 2.13. The smallest absolute Gasteiger partial charge is 0.307 e. The van der Waals surface area contributed by atoms with Crippen LogP contribution in [0.1, 0.15) is 26.3 Å². The normalized spacial score (nSPS) is 12.9. The van der Waals surface area contributed by atoms with Gasteiger partial charge in [0.15, 0.2) is 0 Å². The molecule has 1 aromatic carbocycles. The topological polar surface area (TPSA) is 131 Å². The van der Waals surface area contributed by atoms with Crippen molar-refractivity contribution >= 4 is 23.6 Å². The highest BCUT2D eigenvalue weighted by molar-refractivity contribution is 6.23. The molecule has 0 spiro atoms. The number of aliphatic carboxylic acids is 1. The molecule has 0 aliphatic carbocycles. The number of nitrogen functional groups attached to an aromatic ring is 1. The summed E-state index contributed by atoms with van der Waals surface area (Å²) < 4.78 is 1.10. The molecule has 23 heavy (non-hydrogen) atoms. The monoisotopic (exact) mass is 313 g/mol. The lowest BCUT2D eigenvalue weighted by Gasteiger charge is -2.12. The second kappa shape index (κ2) is 5.09. The van der Waals surface area contributed by atoms with Crippen LogP contribution in [-0.2, 0) is 11.2 Å². The summed E-state index contributed by atoms with van der Waals surface area (Å²) in [7, 11) is 0. The quantitative estimate of drug-likeness (QED) is 0.680. The molecule has 0 saturated carbocycles. The number of nitrogens with zero attached hydrogens (tertiary/aromatic N) is 1. The molecule has 0 radical (unpaired) electrons. The molecule has 2 aromatic rings. The maximum absolute atomic E-state index is 12.2. The number of carboxylic acids is 1. The number of carbonyl (C=O) groups excluding carboxylic acids is 2. The van der Waals surface area contributed by atoms with Crippen LogP contribution in [-0.4, -0.2) is 27.5 Å². The van der Waals surface area contributed by atoms with Crippen molar-refractivity contribution in [2.24, 2.45) is 0 Å². The Morgan fingerprint density at radius 3 is 2.39 bits per heavy atom. The summed E-state index contributed by atoms with van der Waals surface area (Å²) in [5.41, 5.74) is 6.18. The maximum atomic E-state index is 12.2. The maximum Gasteiger partial charge on any atom is 0.307 e. The van der Waals surface area contributed by atoms with Gasteiger partial charge in [0.2, 0.25) is 0 Å². The van der Waals surface area contributed by atoms with Gasteiger partial charge in [0.1, 0.15) is 5.82 Å². The number of nitrogens with two attached hydrogens (primary N) is 1. The van der Waals surface area contributed by atoms with Gasteiger partial charge in [0.25, 0.3) is 17.4 Å². The van der Waals surface area contributed by atoms with Crippen LogP contribution < -0.4 is 16.6 Å². The van der Waals surface area contributed by atoms with Gasteiger partial charge >= 0.3 is 5.97 Å². The highest BCUT2D eigenvalue weighted by Crippen LogP contribution is 2.22. The minimum absolute atomic E-state index is 0.0378. The lowest BCUT2D eigenvalue weighted by molar-refractivity contribution is -0.136. The summed E-state index contributed by atoms with van der Waals surface area (Å²) >= 11 is 0. The van der Waals surface area contributed by atoms with E-state index < -0.39 is 23.3 Å². The van der Waals surface area contributed by atoms with Gasteiger partial charge in [-0.05, 0) is 17.7 Å². The van der Waals surface area contributed by atoms with Crippen LogP contribution in [0.3, 0.4) is 0 Å². The van der Waals surface area contributed by atoms with E-state index in [-0.39, 0.29) is 23.4 Å². The molecule has 1 aliphatic rings. The number of carbonyl (C=O) groups is 3. The van der Waals surface area contributed by atoms with E-state index in [4.69, 9.17) is 10.8 Å². The summed E-state index contributed by atoms with van der Waals surface area (Å²) in [5, 5.41) is 10.8. The lowest BCUT2D eigenvalue weighted by Crippen LogP contribution is -2.24. The summed E-state index contributed by atoms with van der Waals surface area (Å²) in [6.45, 7) is 0. The molecule has 8 heteroatoms. The molecule has 0 saturated heterocycles. The first kappa shape index (κ1) is 14.5. The Morgan fingerprint density at radius 2 is 1.78 bits per heavy atom. The second-order valence-electron chi connectivity index (χ2n) is 5.01. The van der Waals surface area contributed by atoms with Gasteiger partial charge in [0.05, 0.1) is 23.2 Å². The van der Waals surface area contributed by atoms with Crippen LogP contribution in [0.4, 0.5) is 5.82 Å². The third kappa shape index (κ3) is 2.35. The van der Waals surface area contributed by atoms with Gasteiger partial charge in [-0.2, -0.15) is 0 Å².